The van der Waals surface area contributed by atoms with E-state index in [1.54, 1.807) is 0 Å². The Kier molecular flexibility index (Phi) is 6.07. The molecule has 0 fully saturated rings. The van der Waals surface area contributed by atoms with Crippen molar-refractivity contribution in [3.63, 3.8) is 0 Å². The third-order valence-electron chi connectivity index (χ3n) is 13.4. The van der Waals surface area contributed by atoms with Crippen molar-refractivity contribution >= 4 is 115 Å². The fourth-order valence-corrected chi connectivity index (χ4v) is 10.8. The van der Waals surface area contributed by atoms with Gasteiger partial charge in [-0.2, -0.15) is 4.98 Å². The highest BCUT2D eigenvalue weighted by molar-refractivity contribution is 6.36. The molecule has 0 amide bonds. The molecule has 286 valence electrons. The van der Waals surface area contributed by atoms with E-state index in [1.165, 1.54) is 65.0 Å². The highest BCUT2D eigenvalue weighted by atomic mass is 16.3. The second-order valence-corrected chi connectivity index (χ2v) is 16.5. The first-order chi connectivity index (χ1) is 30.8. The smallest absolute Gasteiger partial charge is 0.233 e. The molecule has 15 rings (SSSR count). The third kappa shape index (κ3) is 4.04. The van der Waals surface area contributed by atoms with E-state index < -0.39 is 0 Å². The lowest BCUT2D eigenvalue weighted by atomic mass is 10.0. The maximum atomic E-state index is 6.70. The molecule has 6 aromatic heterocycles. The Hall–Kier alpha value is -8.48. The van der Waals surface area contributed by atoms with Gasteiger partial charge in [-0.15, -0.1) is 0 Å². The standard InChI is InChI=1S/C56H31N5O/c1-2-15-34(16-3-1)59-44-22-10-6-18-36(44)41-30-33(27-29-47(41)59)54-57-55(50-40-21-9-13-25-48(40)62-56(50)58-54)61-45-23-11-7-19-37(45)42-31-43-38-28-26-32-14-4-5-17-35(32)51(38)60-46-24-12-8-20-39(46)49(52(43)60)53(42)61/h1-31H. The number of rotatable bonds is 3. The summed E-state index contributed by atoms with van der Waals surface area (Å²) in [6.07, 6.45) is 0. The number of hydrogen-bond donors (Lipinski definition) is 0. The van der Waals surface area contributed by atoms with E-state index in [9.17, 15) is 0 Å². The first-order valence-electron chi connectivity index (χ1n) is 21.1. The monoisotopic (exact) mass is 789 g/mol. The Morgan fingerprint density at radius 1 is 0.371 bits per heavy atom. The zero-order valence-corrected chi connectivity index (χ0v) is 33.0. The van der Waals surface area contributed by atoms with E-state index in [-0.39, 0.29) is 0 Å². The Bertz CT molecular complexity index is 4390. The van der Waals surface area contributed by atoms with Crippen molar-refractivity contribution in [2.24, 2.45) is 0 Å². The maximum absolute atomic E-state index is 6.70. The fraction of sp³-hybridized carbons (Fsp3) is 0. The summed E-state index contributed by atoms with van der Waals surface area (Å²) in [5.41, 5.74) is 11.5. The van der Waals surface area contributed by atoms with Gasteiger partial charge in [-0.05, 0) is 66.0 Å². The van der Waals surface area contributed by atoms with Crippen LogP contribution in [0.2, 0.25) is 0 Å². The van der Waals surface area contributed by atoms with Gasteiger partial charge in [-0.1, -0.05) is 127 Å². The van der Waals surface area contributed by atoms with Gasteiger partial charge in [-0.3, -0.25) is 4.57 Å². The topological polar surface area (TPSA) is 53.2 Å². The van der Waals surface area contributed by atoms with Gasteiger partial charge < -0.3 is 13.4 Å². The lowest BCUT2D eigenvalue weighted by Crippen LogP contribution is -2.02. The van der Waals surface area contributed by atoms with Crippen LogP contribution in [-0.2, 0) is 0 Å². The molecule has 0 aliphatic rings. The summed E-state index contributed by atoms with van der Waals surface area (Å²) in [5, 5.41) is 13.9. The van der Waals surface area contributed by atoms with Gasteiger partial charge in [0.25, 0.3) is 0 Å². The van der Waals surface area contributed by atoms with E-state index in [1.807, 2.05) is 12.1 Å². The molecule has 0 spiro atoms. The van der Waals surface area contributed by atoms with Crippen LogP contribution in [0, 0.1) is 0 Å². The molecule has 0 saturated carbocycles. The number of para-hydroxylation sites is 5. The molecule has 0 aliphatic heterocycles. The minimum absolute atomic E-state index is 0.558. The quantitative estimate of drug-likeness (QED) is 0.179. The molecule has 15 aromatic rings. The summed E-state index contributed by atoms with van der Waals surface area (Å²) in [4.78, 5) is 10.9. The van der Waals surface area contributed by atoms with Crippen LogP contribution in [0.25, 0.3) is 137 Å². The summed E-state index contributed by atoms with van der Waals surface area (Å²) in [6, 6.07) is 67.4. The minimum atomic E-state index is 0.558. The predicted octanol–water partition coefficient (Wildman–Crippen LogP) is 14.5. The number of nitrogens with zero attached hydrogens (tertiary/aromatic N) is 5. The van der Waals surface area contributed by atoms with Crippen molar-refractivity contribution in [3.8, 4) is 22.9 Å². The van der Waals surface area contributed by atoms with Crippen molar-refractivity contribution in [2.45, 2.75) is 0 Å². The summed E-state index contributed by atoms with van der Waals surface area (Å²) in [7, 11) is 0. The predicted molar refractivity (Wildman–Crippen MR) is 256 cm³/mol. The lowest BCUT2D eigenvalue weighted by molar-refractivity contribution is 0.653. The minimum Gasteiger partial charge on any atom is -0.437 e. The number of aromatic nitrogens is 5. The van der Waals surface area contributed by atoms with Gasteiger partial charge >= 0.3 is 0 Å². The van der Waals surface area contributed by atoms with E-state index in [0.29, 0.717) is 11.5 Å². The Labute approximate surface area is 352 Å². The van der Waals surface area contributed by atoms with E-state index in [2.05, 4.69) is 189 Å². The first kappa shape index (κ1) is 32.4. The molecule has 6 heteroatoms. The molecule has 0 bridgehead atoms. The zero-order chi connectivity index (χ0) is 40.2. The van der Waals surface area contributed by atoms with Crippen LogP contribution < -0.4 is 0 Å². The first-order valence-corrected chi connectivity index (χ1v) is 21.1. The van der Waals surface area contributed by atoms with Crippen LogP contribution in [0.4, 0.5) is 0 Å². The largest absolute Gasteiger partial charge is 0.437 e. The molecular formula is C56H31N5O. The molecule has 0 N–H and O–H groups in total. The van der Waals surface area contributed by atoms with Gasteiger partial charge in [0.05, 0.1) is 44.0 Å². The van der Waals surface area contributed by atoms with Crippen LogP contribution in [-0.4, -0.2) is 23.5 Å². The van der Waals surface area contributed by atoms with Crippen molar-refractivity contribution < 1.29 is 4.42 Å². The molecule has 0 unspecified atom stereocenters. The van der Waals surface area contributed by atoms with Crippen LogP contribution in [0.3, 0.4) is 0 Å². The third-order valence-corrected chi connectivity index (χ3v) is 13.4. The van der Waals surface area contributed by atoms with Crippen LogP contribution in [0.15, 0.2) is 192 Å². The van der Waals surface area contributed by atoms with Gasteiger partial charge in [0.1, 0.15) is 5.58 Å². The van der Waals surface area contributed by atoms with E-state index in [4.69, 9.17) is 14.4 Å². The zero-order valence-electron chi connectivity index (χ0n) is 33.0. The van der Waals surface area contributed by atoms with Crippen LogP contribution in [0.5, 0.6) is 0 Å². The van der Waals surface area contributed by atoms with Gasteiger partial charge in [0, 0.05) is 65.1 Å². The number of fused-ring (bicyclic) bond motifs is 18. The molecule has 0 saturated heterocycles. The molecule has 0 atom stereocenters. The number of hydrogen-bond acceptors (Lipinski definition) is 3. The fourth-order valence-electron chi connectivity index (χ4n) is 10.8. The van der Waals surface area contributed by atoms with Crippen LogP contribution >= 0.6 is 0 Å². The Morgan fingerprint density at radius 3 is 1.85 bits per heavy atom. The highest BCUT2D eigenvalue weighted by Gasteiger charge is 2.28. The normalized spacial score (nSPS) is 12.5. The van der Waals surface area contributed by atoms with Crippen molar-refractivity contribution in [1.29, 1.82) is 0 Å². The molecule has 62 heavy (non-hydrogen) atoms. The molecular weight excluding hydrogens is 759 g/mol. The van der Waals surface area contributed by atoms with Gasteiger partial charge in [0.15, 0.2) is 11.6 Å². The van der Waals surface area contributed by atoms with Gasteiger partial charge in [-0.25, -0.2) is 4.98 Å². The number of furan rings is 1. The second-order valence-electron chi connectivity index (χ2n) is 16.5. The van der Waals surface area contributed by atoms with Gasteiger partial charge in [0.2, 0.25) is 5.71 Å². The molecule has 0 radical (unpaired) electrons. The van der Waals surface area contributed by atoms with Crippen molar-refractivity contribution in [2.75, 3.05) is 0 Å². The maximum Gasteiger partial charge on any atom is 0.233 e. The summed E-state index contributed by atoms with van der Waals surface area (Å²) in [6.45, 7) is 0. The van der Waals surface area contributed by atoms with Crippen molar-refractivity contribution in [1.82, 2.24) is 23.5 Å². The van der Waals surface area contributed by atoms with Crippen LogP contribution in [0.1, 0.15) is 0 Å². The summed E-state index contributed by atoms with van der Waals surface area (Å²) < 4.78 is 13.9. The average molecular weight is 790 g/mol. The molecule has 6 nitrogen and oxygen atoms in total. The lowest BCUT2D eigenvalue weighted by Gasteiger charge is -2.12. The highest BCUT2D eigenvalue weighted by Crippen LogP contribution is 2.48. The van der Waals surface area contributed by atoms with E-state index in [0.717, 1.165) is 60.9 Å². The summed E-state index contributed by atoms with van der Waals surface area (Å²) in [5.74, 6) is 1.40. The molecule has 6 heterocycles. The van der Waals surface area contributed by atoms with E-state index >= 15 is 0 Å². The average Bonchev–Trinajstić information content (AvgIpc) is 4.13. The molecule has 0 aliphatic carbocycles. The summed E-state index contributed by atoms with van der Waals surface area (Å²) >= 11 is 0. The Balaban J connectivity index is 1.10. The Morgan fingerprint density at radius 2 is 1.02 bits per heavy atom. The van der Waals surface area contributed by atoms with Crippen molar-refractivity contribution in [3.05, 3.63) is 188 Å². The second kappa shape index (κ2) is 11.6. The number of benzene rings is 9. The molecule has 9 aromatic carbocycles. The SMILES string of the molecule is c1ccc(-n2c3ccccc3c3cc(-c4nc(-n5c6ccccc6c6cc7c8ccc9ccccc9c8n8c9ccccc9c(c65)c78)c5c(n4)oc4ccccc45)ccc32)cc1.